The molecule has 0 unspecified atom stereocenters. The van der Waals surface area contributed by atoms with Crippen molar-refractivity contribution < 1.29 is 18.3 Å². The summed E-state index contributed by atoms with van der Waals surface area (Å²) >= 11 is 0. The van der Waals surface area contributed by atoms with Gasteiger partial charge >= 0.3 is 0 Å². The lowest BCUT2D eigenvalue weighted by atomic mass is 10.2. The van der Waals surface area contributed by atoms with Gasteiger partial charge < -0.3 is 15.0 Å². The van der Waals surface area contributed by atoms with E-state index >= 15 is 0 Å². The summed E-state index contributed by atoms with van der Waals surface area (Å²) in [6.07, 6.45) is 0. The van der Waals surface area contributed by atoms with E-state index in [0.29, 0.717) is 29.9 Å². The number of ether oxygens (including phenoxy) is 1. The molecular weight excluding hydrogens is 382 g/mol. The number of amides is 1. The number of para-hydroxylation sites is 2. The summed E-state index contributed by atoms with van der Waals surface area (Å²) in [5.41, 5.74) is -0.243. The summed E-state index contributed by atoms with van der Waals surface area (Å²) in [6, 6.07) is 10.3. The molecule has 0 spiro atoms. The number of aromatic nitrogens is 2. The number of rotatable bonds is 8. The summed E-state index contributed by atoms with van der Waals surface area (Å²) in [6.45, 7) is 0.643. The molecule has 0 aliphatic carbocycles. The molecule has 2 N–H and O–H groups in total. The summed E-state index contributed by atoms with van der Waals surface area (Å²) < 4.78 is 32.6. The lowest BCUT2D eigenvalue weighted by molar-refractivity contribution is -0.117. The Morgan fingerprint density at radius 2 is 1.90 bits per heavy atom. The van der Waals surface area contributed by atoms with Crippen LogP contribution in [0.3, 0.4) is 0 Å². The average Bonchev–Trinajstić information content (AvgIpc) is 2.69. The molecule has 2 aromatic carbocycles. The molecule has 0 saturated carbocycles. The molecule has 1 amide bonds. The fraction of sp³-hybridized carbons (Fsp3) is 0.250. The molecule has 3 rings (SSSR count). The molecule has 152 valence electrons. The molecule has 0 aliphatic heterocycles. The van der Waals surface area contributed by atoms with Gasteiger partial charge in [-0.3, -0.25) is 14.5 Å². The zero-order valence-corrected chi connectivity index (χ0v) is 15.7. The number of nitrogens with zero attached hydrogens (tertiary/aromatic N) is 2. The highest BCUT2D eigenvalue weighted by atomic mass is 19.1. The molecule has 0 atom stereocenters. The largest absolute Gasteiger partial charge is 0.383 e. The van der Waals surface area contributed by atoms with Gasteiger partial charge in [-0.15, -0.1) is 0 Å². The predicted molar refractivity (Wildman–Crippen MR) is 105 cm³/mol. The molecule has 0 bridgehead atoms. The molecule has 0 saturated heterocycles. The van der Waals surface area contributed by atoms with Gasteiger partial charge in [0.2, 0.25) is 5.91 Å². The van der Waals surface area contributed by atoms with E-state index in [0.717, 1.165) is 12.1 Å². The second kappa shape index (κ2) is 9.35. The van der Waals surface area contributed by atoms with E-state index in [4.69, 9.17) is 4.74 Å². The van der Waals surface area contributed by atoms with E-state index in [2.05, 4.69) is 15.3 Å². The highest BCUT2D eigenvalue weighted by Crippen LogP contribution is 2.18. The third-order valence-electron chi connectivity index (χ3n) is 4.24. The van der Waals surface area contributed by atoms with Crippen LogP contribution in [0.1, 0.15) is 5.82 Å². The zero-order valence-electron chi connectivity index (χ0n) is 15.7. The minimum Gasteiger partial charge on any atom is -0.383 e. The van der Waals surface area contributed by atoms with Crippen molar-refractivity contribution in [3.05, 3.63) is 70.3 Å². The molecule has 9 heteroatoms. The highest BCUT2D eigenvalue weighted by Gasteiger charge is 2.17. The lowest BCUT2D eigenvalue weighted by Gasteiger charge is -2.21. The Morgan fingerprint density at radius 3 is 2.62 bits per heavy atom. The number of H-pyrrole nitrogens is 1. The Labute approximate surface area is 165 Å². The van der Waals surface area contributed by atoms with Gasteiger partial charge in [0.1, 0.15) is 23.1 Å². The summed E-state index contributed by atoms with van der Waals surface area (Å²) in [5, 5.41) is 2.71. The van der Waals surface area contributed by atoms with Gasteiger partial charge in [-0.05, 0) is 24.3 Å². The quantitative estimate of drug-likeness (QED) is 0.604. The maximum absolute atomic E-state index is 13.8. The number of anilines is 1. The number of fused-ring (bicyclic) bond motifs is 1. The van der Waals surface area contributed by atoms with Crippen LogP contribution in [0.25, 0.3) is 10.9 Å². The Balaban J connectivity index is 1.76. The lowest BCUT2D eigenvalue weighted by Crippen LogP contribution is -2.36. The Morgan fingerprint density at radius 1 is 1.17 bits per heavy atom. The highest BCUT2D eigenvalue weighted by molar-refractivity contribution is 5.92. The minimum atomic E-state index is -0.859. The summed E-state index contributed by atoms with van der Waals surface area (Å²) in [7, 11) is 1.52. The first-order valence-corrected chi connectivity index (χ1v) is 8.91. The second-order valence-corrected chi connectivity index (χ2v) is 6.38. The number of carbonyl (C=O) groups excluding carboxylic acids is 1. The van der Waals surface area contributed by atoms with Gasteiger partial charge in [-0.1, -0.05) is 18.2 Å². The van der Waals surface area contributed by atoms with Crippen molar-refractivity contribution in [1.29, 1.82) is 0 Å². The van der Waals surface area contributed by atoms with Crippen LogP contribution in [0.15, 0.2) is 47.3 Å². The van der Waals surface area contributed by atoms with E-state index in [-0.39, 0.29) is 18.6 Å². The van der Waals surface area contributed by atoms with E-state index in [1.54, 1.807) is 29.2 Å². The second-order valence-electron chi connectivity index (χ2n) is 6.38. The molecule has 1 heterocycles. The van der Waals surface area contributed by atoms with Crippen molar-refractivity contribution in [3.8, 4) is 0 Å². The van der Waals surface area contributed by atoms with E-state index in [1.165, 1.54) is 13.2 Å². The van der Waals surface area contributed by atoms with Crippen molar-refractivity contribution in [1.82, 2.24) is 14.9 Å². The van der Waals surface area contributed by atoms with Crippen molar-refractivity contribution in [2.75, 3.05) is 32.1 Å². The monoisotopic (exact) mass is 402 g/mol. The van der Waals surface area contributed by atoms with Crippen LogP contribution in [-0.4, -0.2) is 47.6 Å². The molecule has 0 aliphatic rings. The first-order valence-electron chi connectivity index (χ1n) is 8.91. The molecule has 29 heavy (non-hydrogen) atoms. The van der Waals surface area contributed by atoms with E-state index < -0.39 is 23.2 Å². The average molecular weight is 402 g/mol. The van der Waals surface area contributed by atoms with Gasteiger partial charge in [0.15, 0.2) is 0 Å². The van der Waals surface area contributed by atoms with Crippen LogP contribution >= 0.6 is 0 Å². The van der Waals surface area contributed by atoms with Gasteiger partial charge in [-0.2, -0.15) is 0 Å². The number of methoxy groups -OCH3 is 1. The fourth-order valence-corrected chi connectivity index (χ4v) is 2.86. The number of benzene rings is 2. The summed E-state index contributed by atoms with van der Waals surface area (Å²) in [5.74, 6) is -1.95. The van der Waals surface area contributed by atoms with Crippen LogP contribution in [-0.2, 0) is 16.1 Å². The minimum absolute atomic E-state index is 0.149. The predicted octanol–water partition coefficient (Wildman–Crippen LogP) is 2.29. The number of carbonyl (C=O) groups is 1. The first-order chi connectivity index (χ1) is 14.0. The third kappa shape index (κ3) is 5.21. The Hall–Kier alpha value is -3.17. The van der Waals surface area contributed by atoms with Crippen molar-refractivity contribution in [2.45, 2.75) is 6.54 Å². The van der Waals surface area contributed by atoms with Crippen LogP contribution in [0.4, 0.5) is 14.5 Å². The molecular formula is C20H20F2N4O3. The van der Waals surface area contributed by atoms with Crippen LogP contribution in [0.2, 0.25) is 0 Å². The van der Waals surface area contributed by atoms with Crippen LogP contribution < -0.4 is 10.9 Å². The smallest absolute Gasteiger partial charge is 0.258 e. The molecule has 7 nitrogen and oxygen atoms in total. The molecule has 3 aromatic rings. The van der Waals surface area contributed by atoms with Gasteiger partial charge in [0.05, 0.1) is 30.6 Å². The normalized spacial score (nSPS) is 11.2. The summed E-state index contributed by atoms with van der Waals surface area (Å²) in [4.78, 5) is 33.3. The van der Waals surface area contributed by atoms with E-state index in [1.807, 2.05) is 0 Å². The maximum atomic E-state index is 13.8. The van der Waals surface area contributed by atoms with Gasteiger partial charge in [0, 0.05) is 13.7 Å². The maximum Gasteiger partial charge on any atom is 0.258 e. The topological polar surface area (TPSA) is 87.3 Å². The van der Waals surface area contributed by atoms with Crippen molar-refractivity contribution >= 4 is 22.5 Å². The zero-order chi connectivity index (χ0) is 20.8. The Kier molecular flexibility index (Phi) is 6.63. The van der Waals surface area contributed by atoms with Gasteiger partial charge in [0.25, 0.3) is 5.56 Å². The number of hydrogen-bond donors (Lipinski definition) is 2. The molecule has 0 radical (unpaired) electrons. The van der Waals surface area contributed by atoms with Crippen molar-refractivity contribution in [2.24, 2.45) is 0 Å². The SMILES string of the molecule is COCCN(CC(=O)Nc1c(F)cccc1F)Cc1nc2ccccc2c(=O)[nH]1. The standard InChI is InChI=1S/C20H20F2N4O3/c1-29-10-9-26(12-18(27)25-19-14(21)6-4-7-15(19)22)11-17-23-16-8-3-2-5-13(16)20(28)24-17/h2-8H,9-12H2,1H3,(H,25,27)(H,23,24,28). The fourth-order valence-electron chi connectivity index (χ4n) is 2.86. The first kappa shape index (κ1) is 20.6. The van der Waals surface area contributed by atoms with Gasteiger partial charge in [-0.25, -0.2) is 13.8 Å². The number of nitrogens with one attached hydrogen (secondary N) is 2. The number of aromatic amines is 1. The number of hydrogen-bond acceptors (Lipinski definition) is 5. The number of halogens is 2. The third-order valence-corrected chi connectivity index (χ3v) is 4.24. The van der Waals surface area contributed by atoms with E-state index in [9.17, 15) is 18.4 Å². The van der Waals surface area contributed by atoms with Crippen LogP contribution in [0, 0.1) is 11.6 Å². The molecule has 0 fully saturated rings. The Bertz CT molecular complexity index is 1050. The van der Waals surface area contributed by atoms with Crippen LogP contribution in [0.5, 0.6) is 0 Å². The van der Waals surface area contributed by atoms with Crippen molar-refractivity contribution in [3.63, 3.8) is 0 Å². The molecule has 1 aromatic heterocycles.